The molecule has 5 nitrogen and oxygen atoms in total. The fourth-order valence-electron chi connectivity index (χ4n) is 2.29. The Morgan fingerprint density at radius 1 is 1.16 bits per heavy atom. The van der Waals surface area contributed by atoms with E-state index in [9.17, 15) is 4.79 Å². The Morgan fingerprint density at radius 3 is 2.80 bits per heavy atom. The van der Waals surface area contributed by atoms with E-state index >= 15 is 0 Å². The average molecular weight is 358 g/mol. The first kappa shape index (κ1) is 17.0. The van der Waals surface area contributed by atoms with Gasteiger partial charge in [-0.3, -0.25) is 4.79 Å². The minimum absolute atomic E-state index is 0.0384. The van der Waals surface area contributed by atoms with Gasteiger partial charge in [-0.25, -0.2) is 0 Å². The van der Waals surface area contributed by atoms with Crippen molar-refractivity contribution in [1.29, 1.82) is 0 Å². The van der Waals surface area contributed by atoms with Crippen molar-refractivity contribution >= 4 is 17.6 Å². The van der Waals surface area contributed by atoms with Crippen LogP contribution < -0.4 is 4.74 Å². The molecule has 0 radical (unpaired) electrons. The smallest absolute Gasteiger partial charge is 0.310 e. The van der Waals surface area contributed by atoms with Crippen LogP contribution in [0.5, 0.6) is 5.75 Å². The van der Waals surface area contributed by atoms with Crippen molar-refractivity contribution < 1.29 is 18.8 Å². The number of aromatic nitrogens is 1. The maximum atomic E-state index is 11.9. The zero-order valence-corrected chi connectivity index (χ0v) is 14.3. The van der Waals surface area contributed by atoms with Gasteiger partial charge in [0.25, 0.3) is 0 Å². The molecule has 0 aliphatic rings. The highest BCUT2D eigenvalue weighted by molar-refractivity contribution is 6.31. The monoisotopic (exact) mass is 357 g/mol. The summed E-state index contributed by atoms with van der Waals surface area (Å²) in [5.74, 6) is 0.928. The number of esters is 1. The quantitative estimate of drug-likeness (QED) is 0.616. The molecular weight excluding hydrogens is 342 g/mol. The molecule has 25 heavy (non-hydrogen) atoms. The fraction of sp³-hybridized carbons (Fsp3) is 0.158. The lowest BCUT2D eigenvalue weighted by Crippen LogP contribution is -2.08. The Morgan fingerprint density at radius 2 is 2.00 bits per heavy atom. The van der Waals surface area contributed by atoms with Crippen LogP contribution >= 0.6 is 11.6 Å². The molecule has 3 rings (SSSR count). The van der Waals surface area contributed by atoms with Gasteiger partial charge in [0.1, 0.15) is 18.1 Å². The minimum atomic E-state index is -0.376. The Balaban J connectivity index is 1.60. The van der Waals surface area contributed by atoms with Gasteiger partial charge in [-0.2, -0.15) is 0 Å². The Kier molecular flexibility index (Phi) is 5.36. The van der Waals surface area contributed by atoms with Gasteiger partial charge in [0.15, 0.2) is 5.76 Å². The molecule has 6 heteroatoms. The maximum Gasteiger partial charge on any atom is 0.310 e. The van der Waals surface area contributed by atoms with Crippen LogP contribution in [0.4, 0.5) is 0 Å². The van der Waals surface area contributed by atoms with Gasteiger partial charge in [-0.15, -0.1) is 0 Å². The van der Waals surface area contributed by atoms with E-state index in [4.69, 9.17) is 25.6 Å². The summed E-state index contributed by atoms with van der Waals surface area (Å²) in [5, 5.41) is 4.47. The van der Waals surface area contributed by atoms with Gasteiger partial charge in [0.05, 0.1) is 13.5 Å². The molecule has 0 saturated carbocycles. The number of nitrogens with zero attached hydrogens (tertiary/aromatic N) is 1. The number of carbonyl (C=O) groups excluding carboxylic acids is 1. The lowest BCUT2D eigenvalue weighted by molar-refractivity contribution is -0.144. The first-order valence-corrected chi connectivity index (χ1v) is 8.02. The summed E-state index contributed by atoms with van der Waals surface area (Å²) >= 11 is 6.04. The standard InChI is InChI=1S/C19H16ClNO4/c1-23-16-7-4-6-14(9-16)18-11-15(21-25-18)12-24-19(22)10-13-5-2-3-8-17(13)20/h2-9,11H,10,12H2,1H3. The summed E-state index contributed by atoms with van der Waals surface area (Å²) in [5.41, 5.74) is 2.09. The molecule has 0 aliphatic carbocycles. The van der Waals surface area contributed by atoms with E-state index in [1.165, 1.54) is 0 Å². The molecule has 1 heterocycles. The molecule has 0 fully saturated rings. The molecular formula is C19H16ClNO4. The predicted molar refractivity (Wildman–Crippen MR) is 93.4 cm³/mol. The van der Waals surface area contributed by atoms with Gasteiger partial charge >= 0.3 is 5.97 Å². The third kappa shape index (κ3) is 4.39. The second-order valence-corrected chi connectivity index (χ2v) is 5.75. The van der Waals surface area contributed by atoms with Crippen molar-refractivity contribution in [3.05, 3.63) is 70.9 Å². The second-order valence-electron chi connectivity index (χ2n) is 5.34. The molecule has 0 amide bonds. The maximum absolute atomic E-state index is 11.9. The van der Waals surface area contributed by atoms with Crippen LogP contribution in [-0.2, 0) is 22.6 Å². The van der Waals surface area contributed by atoms with Gasteiger partial charge in [-0.05, 0) is 23.8 Å². The van der Waals surface area contributed by atoms with E-state index < -0.39 is 0 Å². The third-order valence-corrected chi connectivity index (χ3v) is 3.96. The number of methoxy groups -OCH3 is 1. The Hall–Kier alpha value is -2.79. The van der Waals surface area contributed by atoms with Crippen LogP contribution in [0.25, 0.3) is 11.3 Å². The molecule has 0 unspecified atom stereocenters. The molecule has 0 saturated heterocycles. The van der Waals surface area contributed by atoms with Crippen LogP contribution in [0.2, 0.25) is 5.02 Å². The highest BCUT2D eigenvalue weighted by Gasteiger charge is 2.11. The van der Waals surface area contributed by atoms with Crippen molar-refractivity contribution in [2.75, 3.05) is 7.11 Å². The molecule has 1 aromatic heterocycles. The van der Waals surface area contributed by atoms with Crippen molar-refractivity contribution in [3.63, 3.8) is 0 Å². The minimum Gasteiger partial charge on any atom is -0.497 e. The molecule has 3 aromatic rings. The number of halogens is 1. The van der Waals surface area contributed by atoms with Crippen LogP contribution in [0.15, 0.2) is 59.1 Å². The van der Waals surface area contributed by atoms with Gasteiger partial charge in [0.2, 0.25) is 0 Å². The number of hydrogen-bond donors (Lipinski definition) is 0. The number of hydrogen-bond acceptors (Lipinski definition) is 5. The molecule has 0 atom stereocenters. The van der Waals surface area contributed by atoms with E-state index in [0.717, 1.165) is 16.9 Å². The van der Waals surface area contributed by atoms with Crippen LogP contribution in [-0.4, -0.2) is 18.2 Å². The lowest BCUT2D eigenvalue weighted by Gasteiger charge is -2.04. The zero-order chi connectivity index (χ0) is 17.6. The summed E-state index contributed by atoms with van der Waals surface area (Å²) < 4.78 is 15.7. The predicted octanol–water partition coefficient (Wildman–Crippen LogP) is 4.29. The SMILES string of the molecule is COc1cccc(-c2cc(COC(=O)Cc3ccccc3Cl)no2)c1. The third-order valence-electron chi connectivity index (χ3n) is 3.59. The van der Waals surface area contributed by atoms with E-state index in [-0.39, 0.29) is 19.0 Å². The van der Waals surface area contributed by atoms with E-state index in [1.807, 2.05) is 36.4 Å². The number of rotatable bonds is 6. The van der Waals surface area contributed by atoms with E-state index in [2.05, 4.69) is 5.16 Å². The normalized spacial score (nSPS) is 10.5. The average Bonchev–Trinajstić information content (AvgIpc) is 3.11. The molecule has 0 aliphatic heterocycles. The fourth-order valence-corrected chi connectivity index (χ4v) is 2.50. The lowest BCUT2D eigenvalue weighted by atomic mass is 10.1. The second kappa shape index (κ2) is 7.85. The Labute approximate surface area is 150 Å². The topological polar surface area (TPSA) is 61.6 Å². The Bertz CT molecular complexity index is 875. The summed E-state index contributed by atoms with van der Waals surface area (Å²) in [6.07, 6.45) is 0.111. The van der Waals surface area contributed by atoms with Gasteiger partial charge < -0.3 is 14.0 Å². The molecule has 0 N–H and O–H groups in total. The first-order valence-electron chi connectivity index (χ1n) is 7.65. The van der Waals surface area contributed by atoms with E-state index in [1.54, 1.807) is 25.3 Å². The van der Waals surface area contributed by atoms with Crippen LogP contribution in [0.1, 0.15) is 11.3 Å². The van der Waals surface area contributed by atoms with Crippen molar-refractivity contribution in [1.82, 2.24) is 5.16 Å². The van der Waals surface area contributed by atoms with Gasteiger partial charge in [-0.1, -0.05) is 47.1 Å². The van der Waals surface area contributed by atoms with Crippen molar-refractivity contribution in [2.45, 2.75) is 13.0 Å². The first-order chi connectivity index (χ1) is 12.2. The zero-order valence-electron chi connectivity index (χ0n) is 13.6. The number of ether oxygens (including phenoxy) is 2. The largest absolute Gasteiger partial charge is 0.497 e. The molecule has 128 valence electrons. The summed E-state index contributed by atoms with van der Waals surface area (Å²) in [4.78, 5) is 11.9. The van der Waals surface area contributed by atoms with Crippen LogP contribution in [0.3, 0.4) is 0 Å². The summed E-state index contributed by atoms with van der Waals surface area (Å²) in [7, 11) is 1.60. The number of carbonyl (C=O) groups is 1. The van der Waals surface area contributed by atoms with Crippen molar-refractivity contribution in [3.8, 4) is 17.1 Å². The van der Waals surface area contributed by atoms with Crippen molar-refractivity contribution in [2.24, 2.45) is 0 Å². The van der Waals surface area contributed by atoms with Gasteiger partial charge in [0, 0.05) is 16.7 Å². The summed E-state index contributed by atoms with van der Waals surface area (Å²) in [6.45, 7) is 0.0384. The number of benzene rings is 2. The highest BCUT2D eigenvalue weighted by atomic mass is 35.5. The molecule has 0 spiro atoms. The molecule has 2 aromatic carbocycles. The van der Waals surface area contributed by atoms with E-state index in [0.29, 0.717) is 16.5 Å². The summed E-state index contributed by atoms with van der Waals surface area (Å²) in [6, 6.07) is 16.3. The highest BCUT2D eigenvalue weighted by Crippen LogP contribution is 2.24. The van der Waals surface area contributed by atoms with Crippen LogP contribution in [0, 0.1) is 0 Å². The molecule has 0 bridgehead atoms.